The summed E-state index contributed by atoms with van der Waals surface area (Å²) in [5, 5.41) is 30.0. The average Bonchev–Trinajstić information content (AvgIpc) is 2.56. The van der Waals surface area contributed by atoms with Crippen LogP contribution in [0.1, 0.15) is 0 Å². The Hall–Kier alpha value is -3.35. The molecule has 124 valence electrons. The molecule has 7 heteroatoms. The predicted octanol–water partition coefficient (Wildman–Crippen LogP) is 2.59. The fourth-order valence-corrected chi connectivity index (χ4v) is 2.42. The Balaban J connectivity index is 2.29. The van der Waals surface area contributed by atoms with Crippen molar-refractivity contribution in [2.75, 3.05) is 14.2 Å². The first-order valence-electron chi connectivity index (χ1n) is 6.90. The highest BCUT2D eigenvalue weighted by molar-refractivity contribution is 5.86. The third kappa shape index (κ3) is 2.36. The van der Waals surface area contributed by atoms with Crippen LogP contribution in [0.2, 0.25) is 0 Å². The fourth-order valence-electron chi connectivity index (χ4n) is 2.42. The summed E-state index contributed by atoms with van der Waals surface area (Å²) in [6.45, 7) is 0. The molecule has 2 aromatic carbocycles. The second kappa shape index (κ2) is 5.69. The first-order chi connectivity index (χ1) is 11.5. The molecule has 7 nitrogen and oxygen atoms in total. The van der Waals surface area contributed by atoms with E-state index < -0.39 is 16.9 Å². The van der Waals surface area contributed by atoms with Crippen molar-refractivity contribution in [2.24, 2.45) is 0 Å². The van der Waals surface area contributed by atoms with Crippen molar-refractivity contribution >= 4 is 11.0 Å². The van der Waals surface area contributed by atoms with Gasteiger partial charge in [-0.3, -0.25) is 4.79 Å². The van der Waals surface area contributed by atoms with Crippen LogP contribution in [-0.4, -0.2) is 29.5 Å². The zero-order chi connectivity index (χ0) is 17.4. The summed E-state index contributed by atoms with van der Waals surface area (Å²) in [6, 6.07) is 6.74. The third-order valence-electron chi connectivity index (χ3n) is 3.62. The first kappa shape index (κ1) is 15.5. The quantitative estimate of drug-likeness (QED) is 0.633. The van der Waals surface area contributed by atoms with Crippen molar-refractivity contribution in [1.29, 1.82) is 0 Å². The number of phenolic OH excluding ortho intramolecular Hbond substituents is 3. The minimum atomic E-state index is -0.499. The van der Waals surface area contributed by atoms with E-state index in [4.69, 9.17) is 13.9 Å². The van der Waals surface area contributed by atoms with E-state index in [1.165, 1.54) is 38.5 Å². The highest BCUT2D eigenvalue weighted by Gasteiger charge is 2.18. The van der Waals surface area contributed by atoms with Crippen LogP contribution >= 0.6 is 0 Å². The molecular weight excluding hydrogens is 316 g/mol. The number of hydrogen-bond acceptors (Lipinski definition) is 7. The van der Waals surface area contributed by atoms with Gasteiger partial charge >= 0.3 is 0 Å². The lowest BCUT2D eigenvalue weighted by Gasteiger charge is -2.10. The topological polar surface area (TPSA) is 109 Å². The van der Waals surface area contributed by atoms with Crippen LogP contribution in [0, 0.1) is 0 Å². The molecule has 0 bridgehead atoms. The highest BCUT2D eigenvalue weighted by Crippen LogP contribution is 2.43. The zero-order valence-corrected chi connectivity index (χ0v) is 12.9. The van der Waals surface area contributed by atoms with Crippen LogP contribution in [0.4, 0.5) is 0 Å². The van der Waals surface area contributed by atoms with Crippen molar-refractivity contribution in [1.82, 2.24) is 0 Å². The molecule has 0 aliphatic carbocycles. The van der Waals surface area contributed by atoms with Crippen LogP contribution in [-0.2, 0) is 0 Å². The number of ether oxygens (including phenoxy) is 2. The number of phenols is 3. The molecule has 0 aliphatic heterocycles. The second-order valence-electron chi connectivity index (χ2n) is 5.01. The van der Waals surface area contributed by atoms with Crippen molar-refractivity contribution in [2.45, 2.75) is 0 Å². The molecule has 0 spiro atoms. The van der Waals surface area contributed by atoms with Gasteiger partial charge in [-0.05, 0) is 12.1 Å². The third-order valence-corrected chi connectivity index (χ3v) is 3.62. The van der Waals surface area contributed by atoms with Gasteiger partial charge in [-0.25, -0.2) is 0 Å². The molecule has 0 saturated heterocycles. The number of aromatic hydroxyl groups is 3. The first-order valence-corrected chi connectivity index (χ1v) is 6.90. The summed E-state index contributed by atoms with van der Waals surface area (Å²) in [7, 11) is 2.76. The van der Waals surface area contributed by atoms with E-state index in [1.54, 1.807) is 0 Å². The van der Waals surface area contributed by atoms with E-state index in [0.29, 0.717) is 5.75 Å². The summed E-state index contributed by atoms with van der Waals surface area (Å²) in [5.41, 5.74) is -0.306. The highest BCUT2D eigenvalue weighted by atomic mass is 16.5. The minimum Gasteiger partial charge on any atom is -0.507 e. The lowest BCUT2D eigenvalue weighted by molar-refractivity contribution is 0.351. The molecule has 3 rings (SSSR count). The van der Waals surface area contributed by atoms with E-state index in [9.17, 15) is 20.1 Å². The molecule has 1 heterocycles. The summed E-state index contributed by atoms with van der Waals surface area (Å²) < 4.78 is 15.5. The summed E-state index contributed by atoms with van der Waals surface area (Å²) in [5.74, 6) is -0.807. The van der Waals surface area contributed by atoms with Crippen LogP contribution < -0.4 is 14.9 Å². The molecule has 3 N–H and O–H groups in total. The van der Waals surface area contributed by atoms with Crippen LogP contribution in [0.5, 0.6) is 28.7 Å². The molecule has 3 aromatic rings. The normalized spacial score (nSPS) is 10.8. The molecule has 0 aliphatic rings. The monoisotopic (exact) mass is 330 g/mol. The lowest BCUT2D eigenvalue weighted by Crippen LogP contribution is -2.01. The fraction of sp³-hybridized carbons (Fsp3) is 0.118. The Morgan fingerprint density at radius 2 is 1.71 bits per heavy atom. The number of hydrogen-bond donors (Lipinski definition) is 3. The maximum absolute atomic E-state index is 12.3. The molecule has 1 aromatic heterocycles. The number of fused-ring (bicyclic) bond motifs is 1. The SMILES string of the molecule is COc1cc(O)c2c(=O)cc(-c3ccc(OC)c(O)c3O)oc2c1. The Morgan fingerprint density at radius 1 is 0.958 bits per heavy atom. The number of methoxy groups -OCH3 is 2. The molecule has 0 saturated carbocycles. The van der Waals surface area contributed by atoms with Gasteiger partial charge in [0.05, 0.1) is 19.8 Å². The van der Waals surface area contributed by atoms with Gasteiger partial charge in [0.25, 0.3) is 0 Å². The van der Waals surface area contributed by atoms with E-state index in [2.05, 4.69) is 0 Å². The lowest BCUT2D eigenvalue weighted by atomic mass is 10.1. The van der Waals surface area contributed by atoms with Gasteiger partial charge in [-0.15, -0.1) is 0 Å². The molecule has 0 unspecified atom stereocenters. The van der Waals surface area contributed by atoms with E-state index in [1.807, 2.05) is 0 Å². The number of rotatable bonds is 3. The smallest absolute Gasteiger partial charge is 0.201 e. The van der Waals surface area contributed by atoms with Crippen molar-refractivity contribution in [3.05, 3.63) is 40.6 Å². The van der Waals surface area contributed by atoms with Gasteiger partial charge in [0.2, 0.25) is 5.75 Å². The maximum Gasteiger partial charge on any atom is 0.201 e. The Bertz CT molecular complexity index is 988. The van der Waals surface area contributed by atoms with Crippen LogP contribution in [0.25, 0.3) is 22.3 Å². The van der Waals surface area contributed by atoms with E-state index in [-0.39, 0.29) is 33.8 Å². The van der Waals surface area contributed by atoms with Gasteiger partial charge in [0.1, 0.15) is 28.2 Å². The zero-order valence-electron chi connectivity index (χ0n) is 12.9. The Morgan fingerprint density at radius 3 is 2.38 bits per heavy atom. The van der Waals surface area contributed by atoms with E-state index >= 15 is 0 Å². The Kier molecular flexibility index (Phi) is 3.69. The van der Waals surface area contributed by atoms with Crippen molar-refractivity contribution in [3.8, 4) is 40.1 Å². The van der Waals surface area contributed by atoms with Gasteiger partial charge in [0.15, 0.2) is 16.9 Å². The van der Waals surface area contributed by atoms with Gasteiger partial charge in [0, 0.05) is 18.2 Å². The second-order valence-corrected chi connectivity index (χ2v) is 5.01. The van der Waals surface area contributed by atoms with E-state index in [0.717, 1.165) is 6.07 Å². The van der Waals surface area contributed by atoms with Gasteiger partial charge < -0.3 is 29.2 Å². The largest absolute Gasteiger partial charge is 0.507 e. The molecule has 24 heavy (non-hydrogen) atoms. The molecule has 0 radical (unpaired) electrons. The molecule has 0 atom stereocenters. The van der Waals surface area contributed by atoms with Crippen molar-refractivity contribution in [3.63, 3.8) is 0 Å². The van der Waals surface area contributed by atoms with Gasteiger partial charge in [-0.2, -0.15) is 0 Å². The van der Waals surface area contributed by atoms with Crippen LogP contribution in [0.3, 0.4) is 0 Å². The summed E-state index contributed by atoms with van der Waals surface area (Å²) in [4.78, 5) is 12.3. The predicted molar refractivity (Wildman–Crippen MR) is 86.0 cm³/mol. The standard InChI is InChI=1S/C17H14O7/c1-22-8-5-10(18)15-11(19)7-13(24-14(15)6-8)9-3-4-12(23-2)17(21)16(9)20/h3-7,18,20-21H,1-2H3. The molecule has 0 fully saturated rings. The Labute approximate surface area is 135 Å². The van der Waals surface area contributed by atoms with Crippen LogP contribution in [0.15, 0.2) is 39.5 Å². The number of benzene rings is 2. The average molecular weight is 330 g/mol. The summed E-state index contributed by atoms with van der Waals surface area (Å²) >= 11 is 0. The summed E-state index contributed by atoms with van der Waals surface area (Å²) in [6.07, 6.45) is 0. The van der Waals surface area contributed by atoms with Crippen molar-refractivity contribution < 1.29 is 29.2 Å². The minimum absolute atomic E-state index is 0.00299. The maximum atomic E-state index is 12.3. The van der Waals surface area contributed by atoms with Gasteiger partial charge in [-0.1, -0.05) is 0 Å². The molecular formula is C17H14O7. The molecule has 0 amide bonds.